The van der Waals surface area contributed by atoms with Crippen LogP contribution in [0.25, 0.3) is 0 Å². The van der Waals surface area contributed by atoms with Crippen molar-refractivity contribution in [3.63, 3.8) is 0 Å². The SMILES string of the molecule is CN(CCCN)C(=O)CCOCC(F)(F)C(F)F. The molecule has 4 nitrogen and oxygen atoms in total. The van der Waals surface area contributed by atoms with Gasteiger partial charge in [-0.15, -0.1) is 0 Å². The van der Waals surface area contributed by atoms with Gasteiger partial charge in [-0.3, -0.25) is 4.79 Å². The Labute approximate surface area is 103 Å². The van der Waals surface area contributed by atoms with Crippen LogP contribution in [-0.4, -0.2) is 56.5 Å². The molecule has 0 aromatic carbocycles. The van der Waals surface area contributed by atoms with Crippen molar-refractivity contribution in [2.75, 3.05) is 33.4 Å². The van der Waals surface area contributed by atoms with Gasteiger partial charge in [-0.1, -0.05) is 0 Å². The number of halogens is 4. The van der Waals surface area contributed by atoms with Crippen LogP contribution < -0.4 is 5.73 Å². The van der Waals surface area contributed by atoms with Crippen molar-refractivity contribution in [2.45, 2.75) is 25.2 Å². The summed E-state index contributed by atoms with van der Waals surface area (Å²) in [4.78, 5) is 12.8. The van der Waals surface area contributed by atoms with E-state index in [0.29, 0.717) is 19.5 Å². The quantitative estimate of drug-likeness (QED) is 0.506. The zero-order chi connectivity index (χ0) is 14.2. The third kappa shape index (κ3) is 6.75. The molecular formula is C10H18F4N2O2. The summed E-state index contributed by atoms with van der Waals surface area (Å²) in [7, 11) is 1.55. The molecule has 0 saturated heterocycles. The van der Waals surface area contributed by atoms with Crippen LogP contribution in [-0.2, 0) is 9.53 Å². The molecule has 0 aromatic rings. The maximum Gasteiger partial charge on any atom is 0.330 e. The lowest BCUT2D eigenvalue weighted by atomic mass is 10.3. The summed E-state index contributed by atoms with van der Waals surface area (Å²) in [6.07, 6.45) is -3.26. The Bertz CT molecular complexity index is 252. The molecule has 2 N–H and O–H groups in total. The second-order valence-corrected chi connectivity index (χ2v) is 3.82. The molecule has 18 heavy (non-hydrogen) atoms. The highest BCUT2D eigenvalue weighted by atomic mass is 19.3. The molecule has 0 aliphatic rings. The van der Waals surface area contributed by atoms with E-state index in [1.165, 1.54) is 4.90 Å². The summed E-state index contributed by atoms with van der Waals surface area (Å²) in [6, 6.07) is 0. The van der Waals surface area contributed by atoms with Gasteiger partial charge in [0, 0.05) is 13.6 Å². The van der Waals surface area contributed by atoms with E-state index in [-0.39, 0.29) is 18.9 Å². The van der Waals surface area contributed by atoms with Gasteiger partial charge in [0.15, 0.2) is 0 Å². The number of amides is 1. The number of carbonyl (C=O) groups excluding carboxylic acids is 1. The number of carbonyl (C=O) groups is 1. The lowest BCUT2D eigenvalue weighted by Gasteiger charge is -2.18. The predicted octanol–water partition coefficient (Wildman–Crippen LogP) is 1.10. The van der Waals surface area contributed by atoms with Gasteiger partial charge in [0.05, 0.1) is 13.0 Å². The van der Waals surface area contributed by atoms with Crippen LogP contribution in [0.4, 0.5) is 17.6 Å². The van der Waals surface area contributed by atoms with Gasteiger partial charge in [-0.2, -0.15) is 8.78 Å². The number of nitrogens with zero attached hydrogens (tertiary/aromatic N) is 1. The van der Waals surface area contributed by atoms with Crippen LogP contribution in [0.5, 0.6) is 0 Å². The summed E-state index contributed by atoms with van der Waals surface area (Å²) in [6.45, 7) is -0.796. The highest BCUT2D eigenvalue weighted by Crippen LogP contribution is 2.22. The predicted molar refractivity (Wildman–Crippen MR) is 57.7 cm³/mol. The van der Waals surface area contributed by atoms with Crippen molar-refractivity contribution in [3.05, 3.63) is 0 Å². The standard InChI is InChI=1S/C10H18F4N2O2/c1-16(5-2-4-15)8(17)3-6-18-7-10(13,14)9(11)12/h9H,2-7,15H2,1H3. The first-order valence-electron chi connectivity index (χ1n) is 5.49. The zero-order valence-corrected chi connectivity index (χ0v) is 10.2. The Hall–Kier alpha value is -0.890. The largest absolute Gasteiger partial charge is 0.374 e. The summed E-state index contributed by atoms with van der Waals surface area (Å²) in [5.41, 5.74) is 5.26. The molecule has 108 valence electrons. The van der Waals surface area contributed by atoms with E-state index >= 15 is 0 Å². The maximum absolute atomic E-state index is 12.4. The van der Waals surface area contributed by atoms with Crippen molar-refractivity contribution < 1.29 is 27.1 Å². The normalized spacial score (nSPS) is 11.9. The third-order valence-corrected chi connectivity index (χ3v) is 2.20. The molecule has 1 amide bonds. The molecule has 0 radical (unpaired) electrons. The third-order valence-electron chi connectivity index (χ3n) is 2.20. The highest BCUT2D eigenvalue weighted by molar-refractivity contribution is 5.75. The number of hydrogen-bond donors (Lipinski definition) is 1. The average molecular weight is 274 g/mol. The summed E-state index contributed by atoms with van der Waals surface area (Å²) in [5, 5.41) is 0. The minimum atomic E-state index is -4.17. The van der Waals surface area contributed by atoms with Crippen LogP contribution in [0.2, 0.25) is 0 Å². The average Bonchev–Trinajstić information content (AvgIpc) is 2.31. The van der Waals surface area contributed by atoms with Gasteiger partial charge in [0.25, 0.3) is 0 Å². The van der Waals surface area contributed by atoms with Gasteiger partial charge < -0.3 is 15.4 Å². The van der Waals surface area contributed by atoms with Crippen molar-refractivity contribution in [2.24, 2.45) is 5.73 Å². The fourth-order valence-corrected chi connectivity index (χ4v) is 1.07. The van der Waals surface area contributed by atoms with Crippen LogP contribution >= 0.6 is 0 Å². The van der Waals surface area contributed by atoms with Crippen molar-refractivity contribution >= 4 is 5.91 Å². The lowest BCUT2D eigenvalue weighted by Crippen LogP contribution is -2.33. The lowest BCUT2D eigenvalue weighted by molar-refractivity contribution is -0.167. The first-order valence-corrected chi connectivity index (χ1v) is 5.49. The van der Waals surface area contributed by atoms with E-state index in [4.69, 9.17) is 5.73 Å². The molecule has 0 aliphatic heterocycles. The van der Waals surface area contributed by atoms with Crippen molar-refractivity contribution in [3.8, 4) is 0 Å². The van der Waals surface area contributed by atoms with Crippen molar-refractivity contribution in [1.82, 2.24) is 4.90 Å². The molecule has 0 bridgehead atoms. The van der Waals surface area contributed by atoms with Crippen LogP contribution in [0, 0.1) is 0 Å². The summed E-state index contributed by atoms with van der Waals surface area (Å²) in [5.74, 6) is -4.47. The number of hydrogen-bond acceptors (Lipinski definition) is 3. The fourth-order valence-electron chi connectivity index (χ4n) is 1.07. The first-order chi connectivity index (χ1) is 8.31. The Kier molecular flexibility index (Phi) is 7.85. The van der Waals surface area contributed by atoms with Crippen LogP contribution in [0.1, 0.15) is 12.8 Å². The number of nitrogens with two attached hydrogens (primary N) is 1. The molecule has 0 heterocycles. The van der Waals surface area contributed by atoms with Gasteiger partial charge in [-0.25, -0.2) is 8.78 Å². The van der Waals surface area contributed by atoms with Gasteiger partial charge in [0.1, 0.15) is 6.61 Å². The second-order valence-electron chi connectivity index (χ2n) is 3.82. The molecule has 0 atom stereocenters. The Morgan fingerprint density at radius 1 is 1.44 bits per heavy atom. The monoisotopic (exact) mass is 274 g/mol. The van der Waals surface area contributed by atoms with Gasteiger partial charge in [0.2, 0.25) is 5.91 Å². The minimum Gasteiger partial charge on any atom is -0.374 e. The number of rotatable bonds is 9. The Balaban J connectivity index is 3.75. The zero-order valence-electron chi connectivity index (χ0n) is 10.2. The topological polar surface area (TPSA) is 55.6 Å². The van der Waals surface area contributed by atoms with Crippen LogP contribution in [0.3, 0.4) is 0 Å². The van der Waals surface area contributed by atoms with Gasteiger partial charge in [-0.05, 0) is 13.0 Å². The molecule has 0 aromatic heterocycles. The molecule has 8 heteroatoms. The van der Waals surface area contributed by atoms with E-state index in [1.807, 2.05) is 0 Å². The smallest absolute Gasteiger partial charge is 0.330 e. The molecular weight excluding hydrogens is 256 g/mol. The Morgan fingerprint density at radius 2 is 2.06 bits per heavy atom. The van der Waals surface area contributed by atoms with E-state index in [2.05, 4.69) is 4.74 Å². The molecule has 0 spiro atoms. The summed E-state index contributed by atoms with van der Waals surface area (Å²) >= 11 is 0. The molecule has 0 unspecified atom stereocenters. The number of alkyl halides is 4. The molecule has 0 fully saturated rings. The van der Waals surface area contributed by atoms with E-state index in [1.54, 1.807) is 7.05 Å². The number of ether oxygens (including phenoxy) is 1. The maximum atomic E-state index is 12.4. The molecule has 0 aliphatic carbocycles. The Morgan fingerprint density at radius 3 is 2.56 bits per heavy atom. The van der Waals surface area contributed by atoms with E-state index in [9.17, 15) is 22.4 Å². The first kappa shape index (κ1) is 17.1. The minimum absolute atomic E-state index is 0.125. The van der Waals surface area contributed by atoms with E-state index in [0.717, 1.165) is 0 Å². The second kappa shape index (κ2) is 8.25. The molecule has 0 rings (SSSR count). The molecule has 0 saturated carbocycles. The van der Waals surface area contributed by atoms with E-state index < -0.39 is 19.0 Å². The summed E-state index contributed by atoms with van der Waals surface area (Å²) < 4.78 is 52.7. The van der Waals surface area contributed by atoms with Gasteiger partial charge >= 0.3 is 12.3 Å². The van der Waals surface area contributed by atoms with Crippen LogP contribution in [0.15, 0.2) is 0 Å². The highest BCUT2D eigenvalue weighted by Gasteiger charge is 2.40. The fraction of sp³-hybridized carbons (Fsp3) is 0.900. The van der Waals surface area contributed by atoms with Crippen molar-refractivity contribution in [1.29, 1.82) is 0 Å².